The van der Waals surface area contributed by atoms with Gasteiger partial charge in [0, 0.05) is 29.9 Å². The second kappa shape index (κ2) is 12.5. The Morgan fingerprint density at radius 1 is 1.00 bits per heavy atom. The lowest BCUT2D eigenvalue weighted by molar-refractivity contribution is -0.143. The monoisotopic (exact) mass is 490 g/mol. The molecule has 2 rings (SSSR count). The number of aromatic nitrogens is 1. The number of amides is 4. The van der Waals surface area contributed by atoms with Crippen molar-refractivity contribution in [2.75, 3.05) is 6.61 Å². The number of para-hydroxylation sites is 1. The van der Waals surface area contributed by atoms with E-state index in [1.807, 2.05) is 18.2 Å². The fourth-order valence-corrected chi connectivity index (χ4v) is 3.30. The van der Waals surface area contributed by atoms with Gasteiger partial charge < -0.3 is 42.6 Å². The normalized spacial score (nSPS) is 14.4. The minimum Gasteiger partial charge on any atom is -0.480 e. The third-order valence-electron chi connectivity index (χ3n) is 5.32. The van der Waals surface area contributed by atoms with E-state index in [2.05, 4.69) is 20.9 Å². The molecular weight excluding hydrogens is 460 g/mol. The van der Waals surface area contributed by atoms with E-state index in [4.69, 9.17) is 16.6 Å². The van der Waals surface area contributed by atoms with Crippen molar-refractivity contribution in [2.45, 2.75) is 50.4 Å². The van der Waals surface area contributed by atoms with Crippen LogP contribution < -0.4 is 27.4 Å². The lowest BCUT2D eigenvalue weighted by Crippen LogP contribution is -2.57. The highest BCUT2D eigenvalue weighted by Gasteiger charge is 2.29. The maximum absolute atomic E-state index is 12.9. The lowest BCUT2D eigenvalue weighted by Gasteiger charge is -2.23. The van der Waals surface area contributed by atoms with Gasteiger partial charge in [0.1, 0.15) is 18.1 Å². The van der Waals surface area contributed by atoms with Crippen LogP contribution in [0.4, 0.5) is 0 Å². The van der Waals surface area contributed by atoms with Gasteiger partial charge in [-0.15, -0.1) is 0 Å². The van der Waals surface area contributed by atoms with E-state index in [1.54, 1.807) is 12.3 Å². The van der Waals surface area contributed by atoms with Crippen LogP contribution in [0.15, 0.2) is 30.5 Å². The van der Waals surface area contributed by atoms with Gasteiger partial charge in [-0.2, -0.15) is 0 Å². The summed E-state index contributed by atoms with van der Waals surface area (Å²) in [5.41, 5.74) is 12.2. The Morgan fingerprint density at radius 3 is 2.29 bits per heavy atom. The van der Waals surface area contributed by atoms with Crippen LogP contribution >= 0.6 is 0 Å². The van der Waals surface area contributed by atoms with Gasteiger partial charge in [0.25, 0.3) is 0 Å². The average molecular weight is 491 g/mol. The third kappa shape index (κ3) is 7.79. The van der Waals surface area contributed by atoms with Crippen molar-refractivity contribution in [2.24, 2.45) is 11.5 Å². The Hall–Kier alpha value is -3.97. The number of aliphatic hydroxyl groups excluding tert-OH is 1. The summed E-state index contributed by atoms with van der Waals surface area (Å²) >= 11 is 0. The van der Waals surface area contributed by atoms with Crippen LogP contribution in [-0.4, -0.2) is 75.6 Å². The van der Waals surface area contributed by atoms with Crippen molar-refractivity contribution in [3.8, 4) is 0 Å². The second-order valence-electron chi connectivity index (χ2n) is 8.05. The first-order chi connectivity index (χ1) is 16.5. The number of hydrogen-bond acceptors (Lipinski definition) is 7. The van der Waals surface area contributed by atoms with Gasteiger partial charge in [0.05, 0.1) is 12.6 Å². The molecule has 0 saturated heterocycles. The maximum Gasteiger partial charge on any atom is 0.328 e. The highest BCUT2D eigenvalue weighted by atomic mass is 16.4. The molecule has 1 aromatic heterocycles. The highest BCUT2D eigenvalue weighted by molar-refractivity contribution is 5.94. The van der Waals surface area contributed by atoms with Gasteiger partial charge in [-0.1, -0.05) is 18.2 Å². The Morgan fingerprint density at radius 2 is 1.66 bits per heavy atom. The number of aliphatic carboxylic acids is 1. The molecule has 1 aromatic carbocycles. The van der Waals surface area contributed by atoms with E-state index in [0.29, 0.717) is 5.56 Å². The zero-order chi connectivity index (χ0) is 26.1. The molecule has 190 valence electrons. The number of nitrogens with two attached hydrogens (primary N) is 2. The van der Waals surface area contributed by atoms with Crippen LogP contribution in [0.5, 0.6) is 0 Å². The summed E-state index contributed by atoms with van der Waals surface area (Å²) in [6.07, 6.45) is 1.56. The van der Waals surface area contributed by atoms with Gasteiger partial charge >= 0.3 is 5.97 Å². The van der Waals surface area contributed by atoms with E-state index >= 15 is 0 Å². The number of benzene rings is 1. The Balaban J connectivity index is 2.15. The van der Waals surface area contributed by atoms with Crippen LogP contribution in [0.3, 0.4) is 0 Å². The van der Waals surface area contributed by atoms with Crippen molar-refractivity contribution >= 4 is 40.5 Å². The van der Waals surface area contributed by atoms with Gasteiger partial charge in [0.2, 0.25) is 23.6 Å². The van der Waals surface area contributed by atoms with Crippen molar-refractivity contribution in [1.29, 1.82) is 0 Å². The second-order valence-corrected chi connectivity index (χ2v) is 8.05. The largest absolute Gasteiger partial charge is 0.480 e. The molecule has 0 aliphatic carbocycles. The van der Waals surface area contributed by atoms with Crippen molar-refractivity contribution in [3.63, 3.8) is 0 Å². The summed E-state index contributed by atoms with van der Waals surface area (Å²) in [4.78, 5) is 63.0. The predicted molar refractivity (Wildman–Crippen MR) is 125 cm³/mol. The van der Waals surface area contributed by atoms with Gasteiger partial charge in [-0.25, -0.2) is 4.79 Å². The fourth-order valence-electron chi connectivity index (χ4n) is 3.30. The van der Waals surface area contributed by atoms with Crippen LogP contribution in [-0.2, 0) is 30.4 Å². The van der Waals surface area contributed by atoms with Crippen LogP contribution in [0.2, 0.25) is 0 Å². The molecule has 0 spiro atoms. The number of carboxylic acids is 1. The van der Waals surface area contributed by atoms with E-state index in [0.717, 1.165) is 10.9 Å². The molecule has 0 aliphatic heterocycles. The zero-order valence-corrected chi connectivity index (χ0v) is 19.1. The van der Waals surface area contributed by atoms with Crippen molar-refractivity contribution in [1.82, 2.24) is 20.9 Å². The molecule has 2 aromatic rings. The first-order valence-corrected chi connectivity index (χ1v) is 10.9. The third-order valence-corrected chi connectivity index (χ3v) is 5.32. The fraction of sp³-hybridized carbons (Fsp3) is 0.409. The SMILES string of the molecule is CC(NC(=O)C(N)CCC(N)=O)C(=O)NC(Cc1c[nH]c2ccccc12)C(=O)NC(CO)C(=O)O. The van der Waals surface area contributed by atoms with Crippen LogP contribution in [0.25, 0.3) is 10.9 Å². The molecule has 0 saturated carbocycles. The molecule has 0 fully saturated rings. The molecule has 13 nitrogen and oxygen atoms in total. The number of primary amides is 1. The number of H-pyrrole nitrogens is 1. The molecule has 4 amide bonds. The summed E-state index contributed by atoms with van der Waals surface area (Å²) < 4.78 is 0. The summed E-state index contributed by atoms with van der Waals surface area (Å²) in [5.74, 6) is -4.30. The average Bonchev–Trinajstić information content (AvgIpc) is 3.22. The number of aromatic amines is 1. The van der Waals surface area contributed by atoms with E-state index in [1.165, 1.54) is 6.92 Å². The highest BCUT2D eigenvalue weighted by Crippen LogP contribution is 2.19. The smallest absolute Gasteiger partial charge is 0.328 e. The molecular formula is C22H30N6O7. The summed E-state index contributed by atoms with van der Waals surface area (Å²) in [5, 5.41) is 26.3. The van der Waals surface area contributed by atoms with Gasteiger partial charge in [0.15, 0.2) is 0 Å². The number of carbonyl (C=O) groups is 5. The molecule has 35 heavy (non-hydrogen) atoms. The summed E-state index contributed by atoms with van der Waals surface area (Å²) in [7, 11) is 0. The molecule has 4 unspecified atom stereocenters. The maximum atomic E-state index is 12.9. The Kier molecular flexibility index (Phi) is 9.73. The molecule has 10 N–H and O–H groups in total. The van der Waals surface area contributed by atoms with E-state index < -0.39 is 60.4 Å². The number of carbonyl (C=O) groups excluding carboxylic acids is 4. The molecule has 0 bridgehead atoms. The number of aliphatic hydroxyl groups is 1. The molecule has 0 radical (unpaired) electrons. The quantitative estimate of drug-likeness (QED) is 0.154. The van der Waals surface area contributed by atoms with Gasteiger partial charge in [-0.05, 0) is 25.0 Å². The topological polar surface area (TPSA) is 230 Å². The predicted octanol–water partition coefficient (Wildman–Crippen LogP) is -2.15. The molecule has 1 heterocycles. The van der Waals surface area contributed by atoms with Gasteiger partial charge in [-0.3, -0.25) is 19.2 Å². The summed E-state index contributed by atoms with van der Waals surface area (Å²) in [6.45, 7) is 0.535. The van der Waals surface area contributed by atoms with Crippen LogP contribution in [0.1, 0.15) is 25.3 Å². The lowest BCUT2D eigenvalue weighted by atomic mass is 10.0. The minimum absolute atomic E-state index is 0.00115. The molecule has 0 aliphatic rings. The van der Waals surface area contributed by atoms with E-state index in [-0.39, 0.29) is 19.3 Å². The van der Waals surface area contributed by atoms with Crippen LogP contribution in [0, 0.1) is 0 Å². The molecule has 13 heteroatoms. The Labute approximate surface area is 200 Å². The summed E-state index contributed by atoms with van der Waals surface area (Å²) in [6, 6.07) is 2.32. The zero-order valence-electron chi connectivity index (χ0n) is 19.1. The Bertz CT molecular complexity index is 1090. The number of rotatable bonds is 13. The minimum atomic E-state index is -1.56. The number of nitrogens with one attached hydrogen (secondary N) is 4. The van der Waals surface area contributed by atoms with Crippen molar-refractivity contribution in [3.05, 3.63) is 36.0 Å². The number of fused-ring (bicyclic) bond motifs is 1. The number of hydrogen-bond donors (Lipinski definition) is 8. The molecule has 4 atom stereocenters. The standard InChI is InChI=1S/C22H30N6O7/c1-11(26-20(32)14(23)6-7-18(24)30)19(31)27-16(21(33)28-17(10-29)22(34)35)8-12-9-25-15-5-3-2-4-13(12)15/h2-5,9,11,14,16-17,25,29H,6-8,10,23H2,1H3,(H2,24,30)(H,26,32)(H,27,31)(H,28,33)(H,34,35). The number of carboxylic acid groups (broad SMARTS) is 1. The first kappa shape index (κ1) is 27.3. The first-order valence-electron chi connectivity index (χ1n) is 10.9. The van der Waals surface area contributed by atoms with E-state index in [9.17, 15) is 29.1 Å². The van der Waals surface area contributed by atoms with Crippen molar-refractivity contribution < 1.29 is 34.2 Å².